The highest BCUT2D eigenvalue weighted by molar-refractivity contribution is 5.80. The highest BCUT2D eigenvalue weighted by Gasteiger charge is 2.16. The summed E-state index contributed by atoms with van der Waals surface area (Å²) in [6.45, 7) is 4.39. The molecule has 8 heteroatoms. The summed E-state index contributed by atoms with van der Waals surface area (Å²) >= 11 is 0. The van der Waals surface area contributed by atoms with Crippen molar-refractivity contribution >= 4 is 5.96 Å². The third-order valence-electron chi connectivity index (χ3n) is 5.47. The van der Waals surface area contributed by atoms with Crippen LogP contribution in [0.2, 0.25) is 0 Å². The molecule has 0 saturated heterocycles. The first-order valence-corrected chi connectivity index (χ1v) is 10.9. The Kier molecular flexibility index (Phi) is 8.35. The predicted molar refractivity (Wildman–Crippen MR) is 118 cm³/mol. The first-order chi connectivity index (χ1) is 14.7. The molecule has 1 aliphatic rings. The van der Waals surface area contributed by atoms with E-state index in [-0.39, 0.29) is 0 Å². The summed E-state index contributed by atoms with van der Waals surface area (Å²) in [5, 5.41) is 15.2. The highest BCUT2D eigenvalue weighted by atomic mass is 16.5. The molecule has 1 fully saturated rings. The lowest BCUT2D eigenvalue weighted by Crippen LogP contribution is -2.43. The van der Waals surface area contributed by atoms with Gasteiger partial charge in [-0.1, -0.05) is 25.8 Å². The lowest BCUT2D eigenvalue weighted by molar-refractivity contribution is 0.354. The topological polar surface area (TPSA) is 85.6 Å². The molecule has 2 N–H and O–H groups in total. The lowest BCUT2D eigenvalue weighted by Gasteiger charge is -2.18. The van der Waals surface area contributed by atoms with E-state index in [1.54, 1.807) is 20.5 Å². The Morgan fingerprint density at radius 1 is 1.20 bits per heavy atom. The molecule has 1 aliphatic carbocycles. The number of guanidine groups is 1. The van der Waals surface area contributed by atoms with Gasteiger partial charge in [-0.2, -0.15) is 0 Å². The largest absolute Gasteiger partial charge is 0.493 e. The van der Waals surface area contributed by atoms with E-state index < -0.39 is 0 Å². The van der Waals surface area contributed by atoms with E-state index in [9.17, 15) is 0 Å². The predicted octanol–water partition coefficient (Wildman–Crippen LogP) is 2.58. The van der Waals surface area contributed by atoms with Gasteiger partial charge in [0.1, 0.15) is 12.2 Å². The van der Waals surface area contributed by atoms with Crippen molar-refractivity contribution in [3.05, 3.63) is 35.9 Å². The van der Waals surface area contributed by atoms with E-state index in [2.05, 4.69) is 38.4 Å². The summed E-state index contributed by atoms with van der Waals surface area (Å²) in [7, 11) is 3.31. The van der Waals surface area contributed by atoms with Crippen LogP contribution in [0.4, 0.5) is 0 Å². The molecule has 0 amide bonds. The first kappa shape index (κ1) is 21.9. The molecular weight excluding hydrogens is 380 g/mol. The van der Waals surface area contributed by atoms with Gasteiger partial charge < -0.3 is 24.7 Å². The standard InChI is InChI=1S/C22H34N6O2/c1-4-21-27-25-16-28(21)14-13-24-22(26-18-7-5-6-8-18)23-12-11-17-9-10-19(29-2)20(15-17)30-3/h9-10,15-16,18H,4-8,11-14H2,1-3H3,(H2,23,24,26). The number of aromatic nitrogens is 3. The highest BCUT2D eigenvalue weighted by Crippen LogP contribution is 2.27. The van der Waals surface area contributed by atoms with Crippen molar-refractivity contribution in [3.8, 4) is 11.5 Å². The Morgan fingerprint density at radius 2 is 2.00 bits per heavy atom. The van der Waals surface area contributed by atoms with Crippen molar-refractivity contribution in [2.75, 3.05) is 27.3 Å². The maximum Gasteiger partial charge on any atom is 0.191 e. The average molecular weight is 415 g/mol. The summed E-state index contributed by atoms with van der Waals surface area (Å²) in [6.07, 6.45) is 8.51. The smallest absolute Gasteiger partial charge is 0.191 e. The molecule has 1 heterocycles. The summed E-state index contributed by atoms with van der Waals surface area (Å²) in [5.41, 5.74) is 1.17. The second-order valence-electron chi connectivity index (χ2n) is 7.52. The minimum Gasteiger partial charge on any atom is -0.493 e. The molecule has 1 aromatic carbocycles. The van der Waals surface area contributed by atoms with E-state index in [0.29, 0.717) is 12.6 Å². The van der Waals surface area contributed by atoms with Crippen LogP contribution in [0.1, 0.15) is 44.0 Å². The van der Waals surface area contributed by atoms with Crippen molar-refractivity contribution in [3.63, 3.8) is 0 Å². The Hall–Kier alpha value is -2.77. The van der Waals surface area contributed by atoms with E-state index >= 15 is 0 Å². The molecule has 3 rings (SSSR count). The minimum absolute atomic E-state index is 0.512. The molecule has 0 bridgehead atoms. The van der Waals surface area contributed by atoms with Crippen molar-refractivity contribution in [2.24, 2.45) is 4.99 Å². The lowest BCUT2D eigenvalue weighted by atomic mass is 10.1. The number of ether oxygens (including phenoxy) is 2. The van der Waals surface area contributed by atoms with E-state index in [0.717, 1.165) is 49.2 Å². The number of hydrogen-bond donors (Lipinski definition) is 2. The minimum atomic E-state index is 0.512. The van der Waals surface area contributed by atoms with E-state index in [1.807, 2.05) is 12.1 Å². The number of rotatable bonds is 10. The van der Waals surface area contributed by atoms with Crippen LogP contribution in [0.15, 0.2) is 29.5 Å². The fraction of sp³-hybridized carbons (Fsp3) is 0.591. The zero-order valence-electron chi connectivity index (χ0n) is 18.4. The van der Waals surface area contributed by atoms with Gasteiger partial charge in [-0.15, -0.1) is 10.2 Å². The Balaban J connectivity index is 1.57. The van der Waals surface area contributed by atoms with Crippen LogP contribution in [0.3, 0.4) is 0 Å². The summed E-state index contributed by atoms with van der Waals surface area (Å²) in [6, 6.07) is 6.54. The Bertz CT molecular complexity index is 814. The van der Waals surface area contributed by atoms with Gasteiger partial charge in [0, 0.05) is 32.1 Å². The van der Waals surface area contributed by atoms with Crippen molar-refractivity contribution in [1.82, 2.24) is 25.4 Å². The van der Waals surface area contributed by atoms with Crippen molar-refractivity contribution < 1.29 is 9.47 Å². The SMILES string of the molecule is CCc1nncn1CCNC(=NCCc1ccc(OC)c(OC)c1)NC1CCCC1. The number of methoxy groups -OCH3 is 2. The van der Waals surface area contributed by atoms with E-state index in [4.69, 9.17) is 14.5 Å². The normalized spacial score (nSPS) is 14.7. The van der Waals surface area contributed by atoms with Crippen LogP contribution in [0.25, 0.3) is 0 Å². The molecule has 0 atom stereocenters. The zero-order chi connectivity index (χ0) is 21.2. The molecule has 1 saturated carbocycles. The number of aliphatic imine (C=N–C) groups is 1. The third kappa shape index (κ3) is 6.11. The first-order valence-electron chi connectivity index (χ1n) is 10.9. The molecular formula is C22H34N6O2. The molecule has 8 nitrogen and oxygen atoms in total. The van der Waals surface area contributed by atoms with Gasteiger partial charge in [-0.25, -0.2) is 0 Å². The average Bonchev–Trinajstić information content (AvgIpc) is 3.45. The second kappa shape index (κ2) is 11.4. The molecule has 0 radical (unpaired) electrons. The molecule has 30 heavy (non-hydrogen) atoms. The van der Waals surface area contributed by atoms with Gasteiger partial charge in [-0.3, -0.25) is 4.99 Å². The van der Waals surface area contributed by atoms with Crippen LogP contribution in [-0.4, -0.2) is 54.1 Å². The molecule has 0 unspecified atom stereocenters. The molecule has 1 aromatic heterocycles. The number of nitrogens with one attached hydrogen (secondary N) is 2. The number of nitrogens with zero attached hydrogens (tertiary/aromatic N) is 4. The Morgan fingerprint density at radius 3 is 2.73 bits per heavy atom. The van der Waals surface area contributed by atoms with Gasteiger partial charge >= 0.3 is 0 Å². The van der Waals surface area contributed by atoms with Crippen LogP contribution >= 0.6 is 0 Å². The zero-order valence-corrected chi connectivity index (χ0v) is 18.4. The van der Waals surface area contributed by atoms with Crippen LogP contribution in [0.5, 0.6) is 11.5 Å². The van der Waals surface area contributed by atoms with Gasteiger partial charge in [0.2, 0.25) is 0 Å². The third-order valence-corrected chi connectivity index (χ3v) is 5.47. The second-order valence-corrected chi connectivity index (χ2v) is 7.52. The van der Waals surface area contributed by atoms with Gasteiger partial charge in [-0.05, 0) is 37.0 Å². The van der Waals surface area contributed by atoms with Crippen LogP contribution in [0, 0.1) is 0 Å². The van der Waals surface area contributed by atoms with Crippen molar-refractivity contribution in [2.45, 2.75) is 58.0 Å². The van der Waals surface area contributed by atoms with Crippen molar-refractivity contribution in [1.29, 1.82) is 0 Å². The van der Waals surface area contributed by atoms with Gasteiger partial charge in [0.05, 0.1) is 14.2 Å². The number of aryl methyl sites for hydroxylation is 1. The summed E-state index contributed by atoms with van der Waals surface area (Å²) in [5.74, 6) is 3.39. The quantitative estimate of drug-likeness (QED) is 0.459. The summed E-state index contributed by atoms with van der Waals surface area (Å²) < 4.78 is 12.8. The molecule has 0 spiro atoms. The molecule has 0 aliphatic heterocycles. The fourth-order valence-electron chi connectivity index (χ4n) is 3.78. The maximum atomic E-state index is 5.40. The van der Waals surface area contributed by atoms with Crippen LogP contribution in [-0.2, 0) is 19.4 Å². The van der Waals surface area contributed by atoms with Crippen LogP contribution < -0.4 is 20.1 Å². The number of benzene rings is 1. The number of hydrogen-bond acceptors (Lipinski definition) is 5. The van der Waals surface area contributed by atoms with E-state index in [1.165, 1.54) is 31.2 Å². The molecule has 2 aromatic rings. The maximum absolute atomic E-state index is 5.40. The molecule has 164 valence electrons. The van der Waals surface area contributed by atoms with Gasteiger partial charge in [0.25, 0.3) is 0 Å². The fourth-order valence-corrected chi connectivity index (χ4v) is 3.78. The Labute approximate surface area is 179 Å². The van der Waals surface area contributed by atoms with Gasteiger partial charge in [0.15, 0.2) is 17.5 Å². The summed E-state index contributed by atoms with van der Waals surface area (Å²) in [4.78, 5) is 4.82. The monoisotopic (exact) mass is 414 g/mol.